The third-order valence-corrected chi connectivity index (χ3v) is 4.07. The van der Waals surface area contributed by atoms with Crippen LogP contribution in [0.2, 0.25) is 0 Å². The highest BCUT2D eigenvalue weighted by Crippen LogP contribution is 2.33. The summed E-state index contributed by atoms with van der Waals surface area (Å²) in [5.41, 5.74) is 6.35. The number of halogens is 1. The third kappa shape index (κ3) is 3.47. The second-order valence-electron chi connectivity index (χ2n) is 5.62. The van der Waals surface area contributed by atoms with E-state index in [0.717, 1.165) is 18.8 Å². The van der Waals surface area contributed by atoms with Crippen LogP contribution in [0.3, 0.4) is 0 Å². The Labute approximate surface area is 115 Å². The summed E-state index contributed by atoms with van der Waals surface area (Å²) in [7, 11) is 0. The van der Waals surface area contributed by atoms with Gasteiger partial charge >= 0.3 is 0 Å². The number of hydrogen-bond donors (Lipinski definition) is 1. The summed E-state index contributed by atoms with van der Waals surface area (Å²) in [6.45, 7) is 4.02. The van der Waals surface area contributed by atoms with Gasteiger partial charge in [0.2, 0.25) is 0 Å². The van der Waals surface area contributed by atoms with Crippen LogP contribution < -0.4 is 10.5 Å². The summed E-state index contributed by atoms with van der Waals surface area (Å²) in [4.78, 5) is 0. The highest BCUT2D eigenvalue weighted by atomic mass is 19.1. The maximum Gasteiger partial charge on any atom is 0.131 e. The first-order valence-corrected chi connectivity index (χ1v) is 7.32. The normalized spacial score (nSPS) is 25.1. The van der Waals surface area contributed by atoms with Crippen molar-refractivity contribution in [1.82, 2.24) is 0 Å². The molecule has 0 radical (unpaired) electrons. The summed E-state index contributed by atoms with van der Waals surface area (Å²) >= 11 is 0. The number of ether oxygens (including phenoxy) is 1. The smallest absolute Gasteiger partial charge is 0.131 e. The fraction of sp³-hybridized carbons (Fsp3) is 0.625. The molecule has 1 aromatic carbocycles. The summed E-state index contributed by atoms with van der Waals surface area (Å²) in [6, 6.07) is 4.62. The Balaban J connectivity index is 2.12. The second kappa shape index (κ2) is 6.38. The molecule has 0 spiro atoms. The zero-order chi connectivity index (χ0) is 13.8. The van der Waals surface area contributed by atoms with Gasteiger partial charge in [0.05, 0.1) is 6.10 Å². The van der Waals surface area contributed by atoms with Crippen LogP contribution in [0.5, 0.6) is 5.75 Å². The van der Waals surface area contributed by atoms with Crippen molar-refractivity contribution < 1.29 is 9.13 Å². The summed E-state index contributed by atoms with van der Waals surface area (Å²) < 4.78 is 19.9. The predicted molar refractivity (Wildman–Crippen MR) is 75.7 cm³/mol. The van der Waals surface area contributed by atoms with E-state index in [2.05, 4.69) is 6.92 Å². The molecular weight excluding hydrogens is 241 g/mol. The van der Waals surface area contributed by atoms with Gasteiger partial charge < -0.3 is 10.5 Å². The largest absolute Gasteiger partial charge is 0.490 e. The first-order valence-electron chi connectivity index (χ1n) is 7.32. The minimum absolute atomic E-state index is 0.206. The van der Waals surface area contributed by atoms with E-state index in [4.69, 9.17) is 10.5 Å². The third-order valence-electron chi connectivity index (χ3n) is 4.07. The number of rotatable bonds is 4. The molecule has 0 aliphatic heterocycles. The molecule has 1 aliphatic carbocycles. The molecule has 0 aromatic heterocycles. The average molecular weight is 265 g/mol. The highest BCUT2D eigenvalue weighted by Gasteiger charge is 2.24. The molecule has 2 nitrogen and oxygen atoms in total. The Morgan fingerprint density at radius 3 is 2.89 bits per heavy atom. The molecule has 2 rings (SSSR count). The number of benzene rings is 1. The van der Waals surface area contributed by atoms with Gasteiger partial charge in [-0.05, 0) is 44.2 Å². The zero-order valence-corrected chi connectivity index (χ0v) is 11.9. The lowest BCUT2D eigenvalue weighted by Crippen LogP contribution is -2.26. The van der Waals surface area contributed by atoms with Gasteiger partial charge in [-0.1, -0.05) is 25.8 Å². The van der Waals surface area contributed by atoms with Crippen molar-refractivity contribution in [2.45, 2.75) is 58.1 Å². The fourth-order valence-electron chi connectivity index (χ4n) is 2.96. The SMILES string of the molecule is CCC1CCCC(Oc2cccc(F)c2[C@H](C)N)C1. The van der Waals surface area contributed by atoms with Gasteiger partial charge in [-0.15, -0.1) is 0 Å². The standard InChI is InChI=1S/C16H24FNO/c1-3-12-6-4-7-13(10-12)19-15-9-5-8-14(17)16(15)11(2)18/h5,8-9,11-13H,3-4,6-7,10,18H2,1-2H3/t11-,12?,13?/m0/s1. The molecule has 0 heterocycles. The van der Waals surface area contributed by atoms with Gasteiger partial charge in [0, 0.05) is 11.6 Å². The topological polar surface area (TPSA) is 35.2 Å². The van der Waals surface area contributed by atoms with E-state index >= 15 is 0 Å². The Hall–Kier alpha value is -1.09. The Bertz CT molecular complexity index is 419. The van der Waals surface area contributed by atoms with Gasteiger partial charge in [-0.3, -0.25) is 0 Å². The molecule has 3 atom stereocenters. The van der Waals surface area contributed by atoms with Gasteiger partial charge in [-0.25, -0.2) is 4.39 Å². The summed E-state index contributed by atoms with van der Waals surface area (Å²) in [5.74, 6) is 1.10. The Morgan fingerprint density at radius 2 is 2.21 bits per heavy atom. The van der Waals surface area contributed by atoms with Crippen LogP contribution in [0.25, 0.3) is 0 Å². The van der Waals surface area contributed by atoms with Crippen LogP contribution in [0.4, 0.5) is 4.39 Å². The molecule has 1 aliphatic rings. The molecule has 19 heavy (non-hydrogen) atoms. The quantitative estimate of drug-likeness (QED) is 0.885. The lowest BCUT2D eigenvalue weighted by atomic mass is 9.85. The minimum atomic E-state index is -0.346. The lowest BCUT2D eigenvalue weighted by molar-refractivity contribution is 0.120. The molecule has 2 N–H and O–H groups in total. The lowest BCUT2D eigenvalue weighted by Gasteiger charge is -2.30. The van der Waals surface area contributed by atoms with Crippen LogP contribution in [0.15, 0.2) is 18.2 Å². The van der Waals surface area contributed by atoms with Crippen LogP contribution in [-0.4, -0.2) is 6.10 Å². The summed E-state index contributed by atoms with van der Waals surface area (Å²) in [5, 5.41) is 0. The van der Waals surface area contributed by atoms with E-state index in [1.807, 2.05) is 6.07 Å². The highest BCUT2D eigenvalue weighted by molar-refractivity contribution is 5.37. The van der Waals surface area contributed by atoms with Crippen molar-refractivity contribution in [1.29, 1.82) is 0 Å². The Morgan fingerprint density at radius 1 is 1.42 bits per heavy atom. The molecule has 3 heteroatoms. The van der Waals surface area contributed by atoms with Gasteiger partial charge in [-0.2, -0.15) is 0 Å². The van der Waals surface area contributed by atoms with Crippen molar-refractivity contribution in [2.24, 2.45) is 11.7 Å². The molecule has 0 saturated heterocycles. The minimum Gasteiger partial charge on any atom is -0.490 e. The number of nitrogens with two attached hydrogens (primary N) is 1. The first kappa shape index (κ1) is 14.3. The van der Waals surface area contributed by atoms with E-state index in [-0.39, 0.29) is 18.0 Å². The van der Waals surface area contributed by atoms with Gasteiger partial charge in [0.25, 0.3) is 0 Å². The maximum atomic E-state index is 13.8. The fourth-order valence-corrected chi connectivity index (χ4v) is 2.96. The van der Waals surface area contributed by atoms with E-state index in [1.165, 1.54) is 25.3 Å². The predicted octanol–water partition coefficient (Wildman–Crippen LogP) is 4.19. The van der Waals surface area contributed by atoms with Crippen molar-refractivity contribution in [3.8, 4) is 5.75 Å². The molecule has 1 saturated carbocycles. The van der Waals surface area contributed by atoms with Crippen LogP contribution in [-0.2, 0) is 0 Å². The molecule has 0 bridgehead atoms. The molecule has 1 aromatic rings. The van der Waals surface area contributed by atoms with Crippen LogP contribution in [0.1, 0.15) is 57.6 Å². The monoisotopic (exact) mass is 265 g/mol. The average Bonchev–Trinajstić information content (AvgIpc) is 2.38. The molecular formula is C16H24FNO. The van der Waals surface area contributed by atoms with Crippen LogP contribution in [0, 0.1) is 11.7 Å². The van der Waals surface area contributed by atoms with E-state index < -0.39 is 0 Å². The van der Waals surface area contributed by atoms with E-state index in [0.29, 0.717) is 11.3 Å². The van der Waals surface area contributed by atoms with Gasteiger partial charge in [0.15, 0.2) is 0 Å². The van der Waals surface area contributed by atoms with Crippen molar-refractivity contribution >= 4 is 0 Å². The Kier molecular flexibility index (Phi) is 4.81. The summed E-state index contributed by atoms with van der Waals surface area (Å²) in [6.07, 6.45) is 6.03. The van der Waals surface area contributed by atoms with Crippen LogP contribution >= 0.6 is 0 Å². The van der Waals surface area contributed by atoms with Crippen molar-refractivity contribution in [2.75, 3.05) is 0 Å². The molecule has 106 valence electrons. The molecule has 2 unspecified atom stereocenters. The first-order chi connectivity index (χ1) is 9.11. The molecule has 1 fully saturated rings. The molecule has 0 amide bonds. The van der Waals surface area contributed by atoms with Gasteiger partial charge in [0.1, 0.15) is 11.6 Å². The zero-order valence-electron chi connectivity index (χ0n) is 11.9. The van der Waals surface area contributed by atoms with Crippen molar-refractivity contribution in [3.63, 3.8) is 0 Å². The number of hydrogen-bond acceptors (Lipinski definition) is 2. The van der Waals surface area contributed by atoms with E-state index in [9.17, 15) is 4.39 Å². The second-order valence-corrected chi connectivity index (χ2v) is 5.62. The van der Waals surface area contributed by atoms with E-state index in [1.54, 1.807) is 13.0 Å². The maximum absolute atomic E-state index is 13.8. The van der Waals surface area contributed by atoms with Crippen molar-refractivity contribution in [3.05, 3.63) is 29.6 Å².